The number of carboxylic acid groups (broad SMARTS) is 1. The van der Waals surface area contributed by atoms with Gasteiger partial charge in [-0.25, -0.2) is 26.4 Å². The van der Waals surface area contributed by atoms with E-state index >= 15 is 0 Å². The quantitative estimate of drug-likeness (QED) is 0.697. The summed E-state index contributed by atoms with van der Waals surface area (Å²) in [5.41, 5.74) is 1.11. The van der Waals surface area contributed by atoms with Crippen LogP contribution in [-0.4, -0.2) is 53.5 Å². The smallest absolute Gasteiger partial charge is 0.348 e. The molecule has 8 nitrogen and oxygen atoms in total. The highest BCUT2D eigenvalue weighted by molar-refractivity contribution is 7.93. The van der Waals surface area contributed by atoms with Crippen LogP contribution in [0.4, 0.5) is 0 Å². The third-order valence-corrected chi connectivity index (χ3v) is 9.13. The van der Waals surface area contributed by atoms with Gasteiger partial charge >= 0.3 is 11.9 Å². The van der Waals surface area contributed by atoms with Gasteiger partial charge in [0.1, 0.15) is 18.2 Å². The highest BCUT2D eigenvalue weighted by Gasteiger charge is 2.19. The van der Waals surface area contributed by atoms with Crippen LogP contribution in [-0.2, 0) is 24.4 Å². The van der Waals surface area contributed by atoms with E-state index in [0.717, 1.165) is 35.2 Å². The zero-order valence-electron chi connectivity index (χ0n) is 15.1. The lowest BCUT2D eigenvalue weighted by Gasteiger charge is -1.94. The van der Waals surface area contributed by atoms with E-state index in [2.05, 4.69) is 4.74 Å². The minimum absolute atomic E-state index is 0.0837. The van der Waals surface area contributed by atoms with Gasteiger partial charge in [0.25, 0.3) is 0 Å². The Bertz CT molecular complexity index is 1070. The maximum Gasteiger partial charge on any atom is 0.348 e. The summed E-state index contributed by atoms with van der Waals surface area (Å²) in [5.74, 6) is -1.58. The summed E-state index contributed by atoms with van der Waals surface area (Å²) in [6.07, 6.45) is 2.17. The summed E-state index contributed by atoms with van der Waals surface area (Å²) < 4.78 is 49.2. The second kappa shape index (κ2) is 8.50. The molecule has 0 saturated heterocycles. The van der Waals surface area contributed by atoms with E-state index in [0.29, 0.717) is 16.0 Å². The Morgan fingerprint density at radius 3 is 1.52 bits per heavy atom. The standard InChI is InChI=1S/C8H10O4S2.C7H8O4S2/c1-5-4-6(14(3,10)11)13-7(5)8(9)12-2;1-4-3-5(13(2,10)11)12-6(4)7(8)9/h4H,1-3H3;3H,1-2H3,(H,8,9). The van der Waals surface area contributed by atoms with Gasteiger partial charge in [-0.15, -0.1) is 22.7 Å². The molecule has 2 aromatic rings. The number of aromatic carboxylic acids is 1. The van der Waals surface area contributed by atoms with Gasteiger partial charge in [-0.3, -0.25) is 0 Å². The lowest BCUT2D eigenvalue weighted by Crippen LogP contribution is -1.99. The van der Waals surface area contributed by atoms with Crippen molar-refractivity contribution < 1.29 is 36.3 Å². The molecule has 0 fully saturated rings. The number of hydrogen-bond donors (Lipinski definition) is 1. The molecular formula is C15H18O8S4. The molecule has 1 N–H and O–H groups in total. The van der Waals surface area contributed by atoms with Gasteiger partial charge in [-0.2, -0.15) is 0 Å². The van der Waals surface area contributed by atoms with Crippen LogP contribution >= 0.6 is 22.7 Å². The second-order valence-electron chi connectivity index (χ2n) is 5.50. The molecule has 2 heterocycles. The number of carboxylic acids is 1. The molecule has 0 saturated carbocycles. The van der Waals surface area contributed by atoms with Crippen molar-refractivity contribution in [2.45, 2.75) is 22.3 Å². The predicted molar refractivity (Wildman–Crippen MR) is 103 cm³/mol. The number of sulfone groups is 2. The average Bonchev–Trinajstić information content (AvgIpc) is 3.09. The molecule has 0 bridgehead atoms. The van der Waals surface area contributed by atoms with E-state index in [9.17, 15) is 26.4 Å². The minimum atomic E-state index is -3.28. The Labute approximate surface area is 165 Å². The summed E-state index contributed by atoms with van der Waals surface area (Å²) >= 11 is 1.72. The summed E-state index contributed by atoms with van der Waals surface area (Å²) in [6, 6.07) is 2.86. The van der Waals surface area contributed by atoms with Gasteiger partial charge in [0, 0.05) is 12.5 Å². The third-order valence-electron chi connectivity index (χ3n) is 3.09. The molecule has 0 aliphatic heterocycles. The Morgan fingerprint density at radius 2 is 1.26 bits per heavy atom. The van der Waals surface area contributed by atoms with Gasteiger partial charge in [0.15, 0.2) is 19.7 Å². The maximum atomic E-state index is 11.2. The van der Waals surface area contributed by atoms with E-state index in [-0.39, 0.29) is 13.3 Å². The Morgan fingerprint density at radius 1 is 0.889 bits per heavy atom. The number of esters is 1. The summed E-state index contributed by atoms with van der Waals surface area (Å²) in [4.78, 5) is 22.2. The highest BCUT2D eigenvalue weighted by atomic mass is 32.2. The van der Waals surface area contributed by atoms with Gasteiger partial charge in [0.05, 0.1) is 7.11 Å². The van der Waals surface area contributed by atoms with Crippen LogP contribution in [0.5, 0.6) is 0 Å². The molecule has 0 aromatic carbocycles. The van der Waals surface area contributed by atoms with Crippen molar-refractivity contribution in [2.75, 3.05) is 19.6 Å². The Hall–Kier alpha value is -1.76. The number of carbonyl (C=O) groups is 2. The molecule has 0 radical (unpaired) electrons. The molecule has 150 valence electrons. The maximum absolute atomic E-state index is 11.2. The fraction of sp³-hybridized carbons (Fsp3) is 0.333. The Kier molecular flexibility index (Phi) is 7.33. The number of rotatable bonds is 4. The second-order valence-corrected chi connectivity index (χ2v) is 12.1. The first-order chi connectivity index (χ1) is 12.2. The van der Waals surface area contributed by atoms with Crippen molar-refractivity contribution in [3.8, 4) is 0 Å². The predicted octanol–water partition coefficient (Wildman–Crippen LogP) is 2.40. The van der Waals surface area contributed by atoms with E-state index in [1.807, 2.05) is 0 Å². The van der Waals surface area contributed by atoms with E-state index in [1.54, 1.807) is 13.8 Å². The first-order valence-corrected chi connectivity index (χ1v) is 12.5. The molecule has 2 rings (SSSR count). The fourth-order valence-corrected chi connectivity index (χ4v) is 5.84. The first-order valence-electron chi connectivity index (χ1n) is 7.11. The van der Waals surface area contributed by atoms with Crippen molar-refractivity contribution in [1.29, 1.82) is 0 Å². The summed E-state index contributed by atoms with van der Waals surface area (Å²) in [7, 11) is -5.25. The monoisotopic (exact) mass is 454 g/mol. The van der Waals surface area contributed by atoms with Gasteiger partial charge in [0.2, 0.25) is 0 Å². The molecule has 2 aromatic heterocycles. The van der Waals surface area contributed by atoms with Crippen molar-refractivity contribution in [3.63, 3.8) is 0 Å². The van der Waals surface area contributed by atoms with Crippen LogP contribution in [0, 0.1) is 13.8 Å². The number of hydrogen-bond acceptors (Lipinski definition) is 9. The van der Waals surface area contributed by atoms with Crippen LogP contribution in [0.3, 0.4) is 0 Å². The van der Waals surface area contributed by atoms with Crippen LogP contribution in [0.15, 0.2) is 20.6 Å². The van der Waals surface area contributed by atoms with Crippen LogP contribution in [0.1, 0.15) is 30.5 Å². The zero-order chi connectivity index (χ0) is 21.2. The molecule has 0 aliphatic carbocycles. The molecule has 0 amide bonds. The van der Waals surface area contributed by atoms with E-state index < -0.39 is 31.6 Å². The highest BCUT2D eigenvalue weighted by Crippen LogP contribution is 2.26. The number of aryl methyl sites for hydroxylation is 2. The number of carbonyl (C=O) groups excluding carboxylic acids is 1. The van der Waals surface area contributed by atoms with Crippen LogP contribution in [0.2, 0.25) is 0 Å². The first kappa shape index (κ1) is 23.3. The van der Waals surface area contributed by atoms with Gasteiger partial charge in [-0.05, 0) is 37.1 Å². The number of thiophene rings is 2. The summed E-state index contributed by atoms with van der Waals surface area (Å²) in [6.45, 7) is 3.26. The van der Waals surface area contributed by atoms with Crippen molar-refractivity contribution in [2.24, 2.45) is 0 Å². The van der Waals surface area contributed by atoms with Crippen LogP contribution < -0.4 is 0 Å². The van der Waals surface area contributed by atoms with Crippen molar-refractivity contribution >= 4 is 54.3 Å². The lowest BCUT2D eigenvalue weighted by atomic mass is 10.3. The largest absolute Gasteiger partial charge is 0.477 e. The SMILES string of the molecule is COC(=O)c1sc(S(C)(=O)=O)cc1C.Cc1cc(S(C)(=O)=O)sc1C(=O)O. The Balaban J connectivity index is 0.000000271. The van der Waals surface area contributed by atoms with E-state index in [1.165, 1.54) is 19.2 Å². The van der Waals surface area contributed by atoms with Gasteiger partial charge < -0.3 is 9.84 Å². The molecule has 0 spiro atoms. The summed E-state index contributed by atoms with van der Waals surface area (Å²) in [5, 5.41) is 8.66. The molecule has 0 aliphatic rings. The van der Waals surface area contributed by atoms with Crippen LogP contribution in [0.25, 0.3) is 0 Å². The lowest BCUT2D eigenvalue weighted by molar-refractivity contribution is 0.0604. The fourth-order valence-electron chi connectivity index (χ4n) is 1.78. The molecule has 12 heteroatoms. The molecular weight excluding hydrogens is 436 g/mol. The topological polar surface area (TPSA) is 132 Å². The van der Waals surface area contributed by atoms with Gasteiger partial charge in [-0.1, -0.05) is 0 Å². The minimum Gasteiger partial charge on any atom is -0.477 e. The number of ether oxygens (including phenoxy) is 1. The number of methoxy groups -OCH3 is 1. The molecule has 0 unspecified atom stereocenters. The third kappa shape index (κ3) is 6.13. The average molecular weight is 455 g/mol. The zero-order valence-corrected chi connectivity index (χ0v) is 18.4. The van der Waals surface area contributed by atoms with Crippen molar-refractivity contribution in [1.82, 2.24) is 0 Å². The molecule has 0 atom stereocenters. The van der Waals surface area contributed by atoms with Crippen molar-refractivity contribution in [3.05, 3.63) is 33.0 Å². The van der Waals surface area contributed by atoms with E-state index in [4.69, 9.17) is 5.11 Å². The molecule has 27 heavy (non-hydrogen) atoms. The normalized spacial score (nSPS) is 11.4.